The second-order valence-corrected chi connectivity index (χ2v) is 9.66. The van der Waals surface area contributed by atoms with Crippen molar-refractivity contribution in [2.45, 2.75) is 13.3 Å². The quantitative estimate of drug-likeness (QED) is 0.276. The summed E-state index contributed by atoms with van der Waals surface area (Å²) >= 11 is 0. The van der Waals surface area contributed by atoms with Crippen LogP contribution in [0.1, 0.15) is 18.3 Å². The molecule has 3 N–H and O–H groups in total. The third kappa shape index (κ3) is 4.97. The number of benzene rings is 2. The molecule has 5 rings (SSSR count). The number of aliphatic imine (C=N–C) groups is 1. The number of nitrogens with two attached hydrogens (primary N) is 1. The van der Waals surface area contributed by atoms with E-state index in [2.05, 4.69) is 60.3 Å². The van der Waals surface area contributed by atoms with E-state index in [4.69, 9.17) is 10.7 Å². The van der Waals surface area contributed by atoms with E-state index in [9.17, 15) is 0 Å². The Morgan fingerprint density at radius 3 is 2.63 bits per heavy atom. The molecule has 1 aliphatic rings. The first-order valence-electron chi connectivity index (χ1n) is 12.6. The van der Waals surface area contributed by atoms with Crippen LogP contribution in [0.2, 0.25) is 0 Å². The van der Waals surface area contributed by atoms with Crippen molar-refractivity contribution in [1.29, 1.82) is 0 Å². The molecule has 194 valence electrons. The number of halogens is 1. The molecule has 38 heavy (non-hydrogen) atoms. The third-order valence-corrected chi connectivity index (χ3v) is 7.18. The maximum atomic E-state index is 15.4. The number of hydrogen-bond donors (Lipinski definition) is 2. The largest absolute Gasteiger partial charge is 0.383 e. The van der Waals surface area contributed by atoms with Crippen molar-refractivity contribution in [3.05, 3.63) is 84.7 Å². The number of hydrogen-bond acceptors (Lipinski definition) is 6. The van der Waals surface area contributed by atoms with Crippen molar-refractivity contribution in [3.8, 4) is 28.2 Å². The molecule has 1 fully saturated rings. The minimum absolute atomic E-state index is 0.315. The number of nitrogen functional groups attached to an aromatic ring is 1. The molecule has 1 saturated heterocycles. The van der Waals surface area contributed by atoms with Gasteiger partial charge in [0.25, 0.3) is 0 Å². The lowest BCUT2D eigenvalue weighted by molar-refractivity contribution is 0.589. The van der Waals surface area contributed by atoms with Crippen molar-refractivity contribution in [1.82, 2.24) is 19.9 Å². The predicted molar refractivity (Wildman–Crippen MR) is 158 cm³/mol. The fourth-order valence-electron chi connectivity index (χ4n) is 4.79. The predicted octanol–water partition coefficient (Wildman–Crippen LogP) is 4.36. The highest BCUT2D eigenvalue weighted by Crippen LogP contribution is 2.34. The molecular weight excluding hydrogens is 496 g/mol. The number of nitrogens with zero attached hydrogens (tertiary/aromatic N) is 5. The normalized spacial score (nSPS) is 13.8. The van der Waals surface area contributed by atoms with E-state index in [1.807, 2.05) is 23.6 Å². The molecule has 0 spiro atoms. The lowest BCUT2D eigenvalue weighted by Crippen LogP contribution is -2.43. The molecule has 1 unspecified atom stereocenters. The van der Waals surface area contributed by atoms with Crippen LogP contribution >= 0.6 is 9.24 Å². The number of anilines is 2. The fraction of sp³-hybridized carbons (Fsp3) is 0.207. The molecule has 1 aliphatic heterocycles. The van der Waals surface area contributed by atoms with Gasteiger partial charge in [-0.3, -0.25) is 9.56 Å². The van der Waals surface area contributed by atoms with Crippen LogP contribution in [0, 0.1) is 5.82 Å². The monoisotopic (exact) mass is 527 g/mol. The van der Waals surface area contributed by atoms with Crippen LogP contribution in [0.15, 0.2) is 72.5 Å². The SMILES string of the molecule is C=CN=Cc1nc(-c2cc(-c3ccc(N4CCNCC4)cc3)cnc2N)n(-c2cccc(P)c2F)c1CC. The summed E-state index contributed by atoms with van der Waals surface area (Å²) in [6, 6.07) is 15.7. The van der Waals surface area contributed by atoms with Gasteiger partial charge in [0.05, 0.1) is 23.2 Å². The van der Waals surface area contributed by atoms with E-state index in [1.165, 1.54) is 11.9 Å². The summed E-state index contributed by atoms with van der Waals surface area (Å²) in [5, 5.41) is 3.85. The molecule has 4 aromatic rings. The van der Waals surface area contributed by atoms with Crippen LogP contribution in [-0.2, 0) is 6.42 Å². The molecule has 0 amide bonds. The molecule has 1 atom stereocenters. The summed E-state index contributed by atoms with van der Waals surface area (Å²) in [6.07, 6.45) is 5.45. The van der Waals surface area contributed by atoms with Crippen molar-refractivity contribution >= 4 is 32.3 Å². The molecular formula is C29H31FN7P. The minimum Gasteiger partial charge on any atom is -0.383 e. The fourth-order valence-corrected chi connectivity index (χ4v) is 5.05. The van der Waals surface area contributed by atoms with Crippen LogP contribution in [0.3, 0.4) is 0 Å². The topological polar surface area (TPSA) is 84.4 Å². The highest BCUT2D eigenvalue weighted by Gasteiger charge is 2.23. The van der Waals surface area contributed by atoms with Crippen molar-refractivity contribution in [2.75, 3.05) is 36.8 Å². The molecule has 7 nitrogen and oxygen atoms in total. The molecule has 0 saturated carbocycles. The Balaban J connectivity index is 1.63. The Kier molecular flexibility index (Phi) is 7.63. The number of nitrogens with one attached hydrogen (secondary N) is 1. The number of aromatic nitrogens is 3. The summed E-state index contributed by atoms with van der Waals surface area (Å²) < 4.78 is 17.2. The Labute approximate surface area is 224 Å². The molecule has 0 bridgehead atoms. The van der Waals surface area contributed by atoms with E-state index >= 15 is 4.39 Å². The first-order chi connectivity index (χ1) is 18.5. The third-order valence-electron chi connectivity index (χ3n) is 6.73. The summed E-state index contributed by atoms with van der Waals surface area (Å²) in [6.45, 7) is 9.61. The van der Waals surface area contributed by atoms with Crippen LogP contribution < -0.4 is 21.3 Å². The van der Waals surface area contributed by atoms with Crippen LogP contribution in [0.5, 0.6) is 0 Å². The lowest BCUT2D eigenvalue weighted by atomic mass is 10.0. The average molecular weight is 528 g/mol. The second-order valence-electron chi connectivity index (χ2n) is 9.04. The Hall–Kier alpha value is -3.87. The van der Waals surface area contributed by atoms with Crippen LogP contribution in [-0.4, -0.2) is 46.9 Å². The molecule has 2 aromatic carbocycles. The van der Waals surface area contributed by atoms with Gasteiger partial charge in [0.1, 0.15) is 17.3 Å². The van der Waals surface area contributed by atoms with Gasteiger partial charge in [0.15, 0.2) is 5.82 Å². The van der Waals surface area contributed by atoms with Crippen LogP contribution in [0.4, 0.5) is 15.9 Å². The van der Waals surface area contributed by atoms with Crippen molar-refractivity contribution < 1.29 is 4.39 Å². The zero-order valence-electron chi connectivity index (χ0n) is 21.4. The maximum Gasteiger partial charge on any atom is 0.154 e. The van der Waals surface area contributed by atoms with Gasteiger partial charge >= 0.3 is 0 Å². The minimum atomic E-state index is -0.343. The van der Waals surface area contributed by atoms with E-state index in [1.54, 1.807) is 24.5 Å². The molecule has 0 radical (unpaired) electrons. The number of pyridine rings is 1. The van der Waals surface area contributed by atoms with Gasteiger partial charge in [-0.25, -0.2) is 14.4 Å². The van der Waals surface area contributed by atoms with Crippen molar-refractivity contribution in [3.63, 3.8) is 0 Å². The van der Waals surface area contributed by atoms with Gasteiger partial charge in [-0.05, 0) is 36.2 Å². The Bertz CT molecular complexity index is 1490. The molecule has 9 heteroatoms. The van der Waals surface area contributed by atoms with Crippen molar-refractivity contribution in [2.24, 2.45) is 4.99 Å². The van der Waals surface area contributed by atoms with Gasteiger partial charge in [-0.15, -0.1) is 9.24 Å². The smallest absolute Gasteiger partial charge is 0.154 e. The Morgan fingerprint density at radius 2 is 1.92 bits per heavy atom. The zero-order chi connectivity index (χ0) is 26.6. The average Bonchev–Trinajstić information content (AvgIpc) is 3.32. The first kappa shape index (κ1) is 25.8. The molecule has 3 heterocycles. The highest BCUT2D eigenvalue weighted by molar-refractivity contribution is 7.27. The van der Waals surface area contributed by atoms with Gasteiger partial charge in [-0.1, -0.05) is 37.8 Å². The maximum absolute atomic E-state index is 15.4. The summed E-state index contributed by atoms with van der Waals surface area (Å²) in [7, 11) is 2.45. The van der Waals surface area contributed by atoms with E-state index in [-0.39, 0.29) is 5.82 Å². The van der Waals surface area contributed by atoms with E-state index in [0.717, 1.165) is 43.0 Å². The highest BCUT2D eigenvalue weighted by atomic mass is 31.0. The Morgan fingerprint density at radius 1 is 1.16 bits per heavy atom. The summed E-state index contributed by atoms with van der Waals surface area (Å²) in [5.41, 5.74) is 12.0. The first-order valence-corrected chi connectivity index (χ1v) is 13.2. The summed E-state index contributed by atoms with van der Waals surface area (Å²) in [4.78, 5) is 15.9. The van der Waals surface area contributed by atoms with Gasteiger partial charge in [0.2, 0.25) is 0 Å². The molecule has 0 aliphatic carbocycles. The zero-order valence-corrected chi connectivity index (χ0v) is 22.5. The number of rotatable bonds is 7. The molecule has 2 aromatic heterocycles. The number of imidazole rings is 1. The van der Waals surface area contributed by atoms with Gasteiger partial charge in [0, 0.05) is 55.1 Å². The van der Waals surface area contributed by atoms with E-state index in [0.29, 0.717) is 40.3 Å². The second kappa shape index (κ2) is 11.3. The van der Waals surface area contributed by atoms with Gasteiger partial charge < -0.3 is 16.0 Å². The van der Waals surface area contributed by atoms with Crippen LogP contribution in [0.25, 0.3) is 28.2 Å². The lowest BCUT2D eigenvalue weighted by Gasteiger charge is -2.29. The van der Waals surface area contributed by atoms with E-state index < -0.39 is 0 Å². The van der Waals surface area contributed by atoms with Gasteiger partial charge in [-0.2, -0.15) is 0 Å². The standard InChI is InChI=1S/C29H31FN7P/c1-3-24-23(18-32-4-2)35-29(37(24)25-6-5-7-26(38)27(25)30)22-16-20(17-34-28(22)31)19-8-10-21(11-9-19)36-14-12-33-13-15-36/h4-11,16-18,33H,2-3,12-15,38H2,1H3,(H2,31,34). The summed E-state index contributed by atoms with van der Waals surface area (Å²) in [5.74, 6) is 0.477. The number of piperazine rings is 1.